The Labute approximate surface area is 183 Å². The zero-order valence-electron chi connectivity index (χ0n) is 18.0. The van der Waals surface area contributed by atoms with Crippen LogP contribution in [0.1, 0.15) is 41.9 Å². The number of rotatable bonds is 8. The van der Waals surface area contributed by atoms with Crippen LogP contribution < -0.4 is 4.74 Å². The van der Waals surface area contributed by atoms with Crippen molar-refractivity contribution in [3.8, 4) is 5.75 Å². The van der Waals surface area contributed by atoms with Crippen LogP contribution in [0.5, 0.6) is 5.75 Å². The molecule has 1 aromatic carbocycles. The van der Waals surface area contributed by atoms with E-state index in [9.17, 15) is 5.11 Å². The summed E-state index contributed by atoms with van der Waals surface area (Å²) in [6.45, 7) is 5.29. The van der Waals surface area contributed by atoms with Gasteiger partial charge in [0, 0.05) is 43.7 Å². The molecular weight excluding hydrogens is 398 g/mol. The van der Waals surface area contributed by atoms with Crippen molar-refractivity contribution in [3.63, 3.8) is 0 Å². The molecule has 3 heterocycles. The first kappa shape index (κ1) is 21.7. The van der Waals surface area contributed by atoms with Crippen LogP contribution in [0, 0.1) is 0 Å². The highest BCUT2D eigenvalue weighted by molar-refractivity contribution is 7.09. The van der Waals surface area contributed by atoms with Crippen LogP contribution in [0.25, 0.3) is 0 Å². The van der Waals surface area contributed by atoms with Crippen LogP contribution in [0.4, 0.5) is 0 Å². The molecule has 2 aliphatic rings. The van der Waals surface area contributed by atoms with Crippen molar-refractivity contribution in [3.05, 3.63) is 45.9 Å². The van der Waals surface area contributed by atoms with Crippen molar-refractivity contribution >= 4 is 11.3 Å². The number of piperidine rings is 1. The van der Waals surface area contributed by atoms with Crippen LogP contribution >= 0.6 is 11.3 Å². The first-order valence-electron chi connectivity index (χ1n) is 10.9. The highest BCUT2D eigenvalue weighted by Crippen LogP contribution is 2.35. The maximum absolute atomic E-state index is 11.3. The summed E-state index contributed by atoms with van der Waals surface area (Å²) in [4.78, 5) is 9.70. The number of likely N-dealkylation sites (tertiary alicyclic amines) is 2. The molecule has 1 N–H and O–H groups in total. The average molecular weight is 432 g/mol. The van der Waals surface area contributed by atoms with Crippen molar-refractivity contribution in [2.45, 2.75) is 50.4 Å². The molecule has 7 heteroatoms. The van der Waals surface area contributed by atoms with Crippen molar-refractivity contribution in [2.75, 3.05) is 40.5 Å². The third-order valence-corrected chi connectivity index (χ3v) is 7.33. The molecular formula is C23H33N3O3S. The summed E-state index contributed by atoms with van der Waals surface area (Å²) in [7, 11) is 3.49. The maximum Gasteiger partial charge on any atom is 0.123 e. The summed E-state index contributed by atoms with van der Waals surface area (Å²) in [5.41, 5.74) is 1.22. The molecule has 164 valence electrons. The van der Waals surface area contributed by atoms with Gasteiger partial charge < -0.3 is 14.6 Å². The molecule has 2 aliphatic heterocycles. The van der Waals surface area contributed by atoms with E-state index in [1.54, 1.807) is 25.6 Å². The quantitative estimate of drug-likeness (QED) is 0.693. The van der Waals surface area contributed by atoms with Gasteiger partial charge >= 0.3 is 0 Å². The molecule has 1 aromatic heterocycles. The highest BCUT2D eigenvalue weighted by atomic mass is 32.1. The van der Waals surface area contributed by atoms with Crippen molar-refractivity contribution in [2.24, 2.45) is 0 Å². The predicted molar refractivity (Wildman–Crippen MR) is 119 cm³/mol. The molecule has 0 spiro atoms. The Morgan fingerprint density at radius 2 is 1.97 bits per heavy atom. The average Bonchev–Trinajstić information content (AvgIpc) is 3.41. The van der Waals surface area contributed by atoms with Crippen molar-refractivity contribution in [1.82, 2.24) is 14.8 Å². The van der Waals surface area contributed by atoms with Crippen molar-refractivity contribution in [1.29, 1.82) is 0 Å². The topological polar surface area (TPSA) is 58.1 Å². The Bertz CT molecular complexity index is 820. The number of hydrogen-bond acceptors (Lipinski definition) is 7. The van der Waals surface area contributed by atoms with Gasteiger partial charge in [-0.3, -0.25) is 9.80 Å². The minimum absolute atomic E-state index is 0.489. The monoisotopic (exact) mass is 431 g/mol. The van der Waals surface area contributed by atoms with Crippen LogP contribution in [0.3, 0.4) is 0 Å². The number of aliphatic hydroxyl groups is 1. The molecule has 6 nitrogen and oxygen atoms in total. The Morgan fingerprint density at radius 1 is 1.17 bits per heavy atom. The Balaban J connectivity index is 1.34. The zero-order chi connectivity index (χ0) is 21.0. The maximum atomic E-state index is 11.3. The lowest BCUT2D eigenvalue weighted by molar-refractivity contribution is -0.0309. The van der Waals surface area contributed by atoms with Gasteiger partial charge in [-0.2, -0.15) is 0 Å². The number of ether oxygens (including phenoxy) is 2. The summed E-state index contributed by atoms with van der Waals surface area (Å²) in [6.07, 6.45) is 3.83. The molecule has 0 saturated carbocycles. The lowest BCUT2D eigenvalue weighted by Gasteiger charge is -2.37. The molecule has 4 rings (SSSR count). The fourth-order valence-electron chi connectivity index (χ4n) is 4.67. The Kier molecular flexibility index (Phi) is 7.05. The number of para-hydroxylation sites is 1. The molecule has 0 bridgehead atoms. The molecule has 2 aromatic rings. The van der Waals surface area contributed by atoms with Gasteiger partial charge in [-0.25, -0.2) is 4.98 Å². The minimum Gasteiger partial charge on any atom is -0.496 e. The number of hydrogen-bond donors (Lipinski definition) is 1. The van der Waals surface area contributed by atoms with Crippen LogP contribution in [0.2, 0.25) is 0 Å². The first-order chi connectivity index (χ1) is 14.6. The van der Waals surface area contributed by atoms with E-state index in [4.69, 9.17) is 14.5 Å². The van der Waals surface area contributed by atoms with Crippen molar-refractivity contribution < 1.29 is 14.6 Å². The summed E-state index contributed by atoms with van der Waals surface area (Å²) in [5, 5.41) is 14.5. The largest absolute Gasteiger partial charge is 0.496 e. The Hall–Kier alpha value is -1.51. The van der Waals surface area contributed by atoms with E-state index in [1.807, 2.05) is 18.2 Å². The van der Waals surface area contributed by atoms with E-state index in [1.165, 1.54) is 18.4 Å². The molecule has 0 aliphatic carbocycles. The lowest BCUT2D eigenvalue weighted by atomic mass is 9.88. The molecule has 0 radical (unpaired) electrons. The van der Waals surface area contributed by atoms with Gasteiger partial charge in [-0.1, -0.05) is 18.2 Å². The molecule has 2 saturated heterocycles. The number of thiazole rings is 1. The first-order valence-corrected chi connectivity index (χ1v) is 11.7. The van der Waals surface area contributed by atoms with Gasteiger partial charge in [0.2, 0.25) is 0 Å². The molecule has 30 heavy (non-hydrogen) atoms. The second-order valence-corrected chi connectivity index (χ2v) is 9.41. The van der Waals surface area contributed by atoms with E-state index in [0.717, 1.165) is 55.8 Å². The Morgan fingerprint density at radius 3 is 2.73 bits per heavy atom. The second kappa shape index (κ2) is 9.75. The summed E-state index contributed by atoms with van der Waals surface area (Å²) < 4.78 is 10.8. The number of benzene rings is 1. The molecule has 2 fully saturated rings. The summed E-state index contributed by atoms with van der Waals surface area (Å²) in [5.74, 6) is 0.927. The highest BCUT2D eigenvalue weighted by Gasteiger charge is 2.36. The predicted octanol–water partition coefficient (Wildman–Crippen LogP) is 3.25. The van der Waals surface area contributed by atoms with Gasteiger partial charge in [-0.05, 0) is 38.3 Å². The van der Waals surface area contributed by atoms with E-state index in [2.05, 4.69) is 21.2 Å². The van der Waals surface area contributed by atoms with E-state index in [0.29, 0.717) is 18.9 Å². The van der Waals surface area contributed by atoms with Gasteiger partial charge in [0.05, 0.1) is 26.0 Å². The van der Waals surface area contributed by atoms with Gasteiger partial charge in [0.25, 0.3) is 0 Å². The lowest BCUT2D eigenvalue weighted by Crippen LogP contribution is -2.42. The zero-order valence-corrected chi connectivity index (χ0v) is 18.9. The third kappa shape index (κ3) is 4.86. The third-order valence-electron chi connectivity index (χ3n) is 6.49. The fourth-order valence-corrected chi connectivity index (χ4v) is 5.58. The van der Waals surface area contributed by atoms with Gasteiger partial charge in [0.1, 0.15) is 16.4 Å². The molecule has 0 unspecified atom stereocenters. The number of nitrogens with zero attached hydrogens (tertiary/aromatic N) is 3. The smallest absolute Gasteiger partial charge is 0.123 e. The SMILES string of the molecule is COC[C@H]1CCCN1Cc1nc(C2(O)CCN(Cc3ccccc3OC)CC2)cs1. The standard InChI is InChI=1S/C23H33N3O3S/c1-28-16-19-7-5-11-26(19)15-22-24-21(17-30-22)23(27)9-12-25(13-10-23)14-18-6-3-4-8-20(18)29-2/h3-4,6,8,17,19,27H,5,7,9-16H2,1-2H3/t19-/m1/s1. The van der Waals surface area contributed by atoms with Crippen LogP contribution in [0.15, 0.2) is 29.6 Å². The van der Waals surface area contributed by atoms with Gasteiger partial charge in [0.15, 0.2) is 0 Å². The fraction of sp³-hybridized carbons (Fsp3) is 0.609. The normalized spacial score (nSPS) is 22.4. The summed E-state index contributed by atoms with van der Waals surface area (Å²) in [6, 6.07) is 8.65. The number of methoxy groups -OCH3 is 2. The van der Waals surface area contributed by atoms with E-state index < -0.39 is 5.60 Å². The van der Waals surface area contributed by atoms with Crippen LogP contribution in [-0.2, 0) is 23.4 Å². The molecule has 0 amide bonds. The second-order valence-electron chi connectivity index (χ2n) is 8.47. The van der Waals surface area contributed by atoms with Gasteiger partial charge in [-0.15, -0.1) is 11.3 Å². The van der Waals surface area contributed by atoms with Crippen LogP contribution in [-0.4, -0.2) is 66.4 Å². The van der Waals surface area contributed by atoms with E-state index >= 15 is 0 Å². The summed E-state index contributed by atoms with van der Waals surface area (Å²) >= 11 is 1.67. The number of aromatic nitrogens is 1. The molecule has 1 atom stereocenters. The van der Waals surface area contributed by atoms with E-state index in [-0.39, 0.29) is 0 Å². The minimum atomic E-state index is -0.817.